The Hall–Kier alpha value is -2.52. The lowest BCUT2D eigenvalue weighted by atomic mass is 10.3. The summed E-state index contributed by atoms with van der Waals surface area (Å²) in [6, 6.07) is 3.14. The highest BCUT2D eigenvalue weighted by molar-refractivity contribution is 7.14. The van der Waals surface area contributed by atoms with Gasteiger partial charge >= 0.3 is 5.97 Å². The van der Waals surface area contributed by atoms with Gasteiger partial charge in [-0.2, -0.15) is 0 Å². The summed E-state index contributed by atoms with van der Waals surface area (Å²) in [6.07, 6.45) is 1.67. The number of anilines is 2. The van der Waals surface area contributed by atoms with Crippen LogP contribution in [0.2, 0.25) is 5.02 Å². The van der Waals surface area contributed by atoms with Crippen molar-refractivity contribution in [3.63, 3.8) is 0 Å². The van der Waals surface area contributed by atoms with Crippen molar-refractivity contribution in [2.45, 2.75) is 32.3 Å². The smallest absolute Gasteiger partial charge is 0.312 e. The van der Waals surface area contributed by atoms with Crippen molar-refractivity contribution >= 4 is 51.7 Å². The van der Waals surface area contributed by atoms with Gasteiger partial charge in [-0.05, 0) is 25.5 Å². The van der Waals surface area contributed by atoms with Crippen LogP contribution in [-0.4, -0.2) is 40.4 Å². The molecule has 1 fully saturated rings. The number of hydrogen-bond acceptors (Lipinski definition) is 7. The molecule has 1 saturated heterocycles. The molecule has 0 aromatic carbocycles. The number of nitrogens with one attached hydrogen (secondary N) is 1. The molecule has 0 saturated carbocycles. The molecule has 142 valence electrons. The van der Waals surface area contributed by atoms with Crippen molar-refractivity contribution < 1.29 is 19.1 Å². The third-order valence-corrected chi connectivity index (χ3v) is 4.96. The quantitative estimate of drug-likeness (QED) is 0.736. The Labute approximate surface area is 164 Å². The monoisotopic (exact) mass is 408 g/mol. The molecular weight excluding hydrogens is 392 g/mol. The first-order valence-corrected chi connectivity index (χ1v) is 9.55. The fourth-order valence-corrected chi connectivity index (χ4v) is 3.45. The van der Waals surface area contributed by atoms with E-state index in [2.05, 4.69) is 15.3 Å². The number of nitrogens with zero attached hydrogens (tertiary/aromatic N) is 3. The summed E-state index contributed by atoms with van der Waals surface area (Å²) in [4.78, 5) is 45.8. The number of pyridine rings is 1. The molecular formula is C17H17ClN4O4S. The lowest BCUT2D eigenvalue weighted by molar-refractivity contribution is -0.152. The van der Waals surface area contributed by atoms with Crippen LogP contribution in [0.3, 0.4) is 0 Å². The molecule has 2 aromatic rings. The predicted molar refractivity (Wildman–Crippen MR) is 101 cm³/mol. The van der Waals surface area contributed by atoms with Gasteiger partial charge in [0.15, 0.2) is 11.2 Å². The minimum atomic E-state index is -0.992. The summed E-state index contributed by atoms with van der Waals surface area (Å²) >= 11 is 7.05. The maximum absolute atomic E-state index is 12.1. The molecule has 0 radical (unpaired) electrons. The van der Waals surface area contributed by atoms with Gasteiger partial charge in [0.05, 0.1) is 17.1 Å². The highest BCUT2D eigenvalue weighted by Crippen LogP contribution is 2.25. The normalized spacial score (nSPS) is 14.9. The van der Waals surface area contributed by atoms with E-state index >= 15 is 0 Å². The third-order valence-electron chi connectivity index (χ3n) is 3.83. The third kappa shape index (κ3) is 5.01. The van der Waals surface area contributed by atoms with Crippen LogP contribution in [-0.2, 0) is 25.5 Å². The van der Waals surface area contributed by atoms with Gasteiger partial charge in [-0.1, -0.05) is 11.6 Å². The van der Waals surface area contributed by atoms with Crippen LogP contribution >= 0.6 is 22.9 Å². The molecule has 2 aromatic heterocycles. The van der Waals surface area contributed by atoms with E-state index in [1.165, 1.54) is 24.5 Å². The molecule has 0 unspecified atom stereocenters. The van der Waals surface area contributed by atoms with Crippen LogP contribution in [0.25, 0.3) is 0 Å². The molecule has 10 heteroatoms. The molecule has 0 aliphatic carbocycles. The SMILES string of the molecule is C[C@@H](OC(=O)Cc1csc(N2CCCC2=O)n1)C(=O)Nc1ccc(Cl)cn1. The van der Waals surface area contributed by atoms with Gasteiger partial charge in [-0.15, -0.1) is 11.3 Å². The summed E-state index contributed by atoms with van der Waals surface area (Å²) in [5, 5.41) is 5.29. The van der Waals surface area contributed by atoms with Gasteiger partial charge in [0.25, 0.3) is 5.91 Å². The van der Waals surface area contributed by atoms with Gasteiger partial charge in [-0.3, -0.25) is 19.3 Å². The molecule has 1 atom stereocenters. The van der Waals surface area contributed by atoms with E-state index in [4.69, 9.17) is 16.3 Å². The average Bonchev–Trinajstić information content (AvgIpc) is 3.25. The molecule has 1 N–H and O–H groups in total. The van der Waals surface area contributed by atoms with Crippen LogP contribution in [0.5, 0.6) is 0 Å². The van der Waals surface area contributed by atoms with Crippen LogP contribution in [0.1, 0.15) is 25.5 Å². The van der Waals surface area contributed by atoms with Crippen molar-refractivity contribution in [2.24, 2.45) is 0 Å². The zero-order chi connectivity index (χ0) is 19.4. The second kappa shape index (κ2) is 8.45. The van der Waals surface area contributed by atoms with Gasteiger partial charge in [0, 0.05) is 24.5 Å². The number of amides is 2. The van der Waals surface area contributed by atoms with E-state index in [1.54, 1.807) is 22.4 Å². The summed E-state index contributed by atoms with van der Waals surface area (Å²) in [5.41, 5.74) is 0.506. The first-order valence-electron chi connectivity index (χ1n) is 8.29. The Bertz CT molecular complexity index is 855. The molecule has 0 spiro atoms. The number of carbonyl (C=O) groups is 3. The Balaban J connectivity index is 1.51. The number of halogens is 1. The number of carbonyl (C=O) groups excluding carboxylic acids is 3. The Kier molecular flexibility index (Phi) is 6.02. The van der Waals surface area contributed by atoms with Crippen molar-refractivity contribution in [1.82, 2.24) is 9.97 Å². The minimum Gasteiger partial charge on any atom is -0.452 e. The van der Waals surface area contributed by atoms with Gasteiger partial charge in [0.2, 0.25) is 5.91 Å². The summed E-state index contributed by atoms with van der Waals surface area (Å²) in [6.45, 7) is 2.12. The van der Waals surface area contributed by atoms with E-state index in [9.17, 15) is 14.4 Å². The summed E-state index contributed by atoms with van der Waals surface area (Å²) < 4.78 is 5.15. The van der Waals surface area contributed by atoms with E-state index in [1.807, 2.05) is 0 Å². The standard InChI is InChI=1S/C17H17ClN4O4S/c1-10(16(25)21-13-5-4-11(18)8-19-13)26-15(24)7-12-9-27-17(20-12)22-6-2-3-14(22)23/h4-5,8-10H,2-3,6-7H2,1H3,(H,19,21,25)/t10-/m1/s1. The molecule has 2 amide bonds. The lowest BCUT2D eigenvalue weighted by Crippen LogP contribution is -2.30. The highest BCUT2D eigenvalue weighted by Gasteiger charge is 2.25. The molecule has 0 bridgehead atoms. The highest BCUT2D eigenvalue weighted by atomic mass is 35.5. The van der Waals surface area contributed by atoms with E-state index < -0.39 is 18.0 Å². The minimum absolute atomic E-state index is 0.0413. The first-order chi connectivity index (χ1) is 12.9. The van der Waals surface area contributed by atoms with Gasteiger partial charge in [0.1, 0.15) is 5.82 Å². The summed E-state index contributed by atoms with van der Waals surface area (Å²) in [7, 11) is 0. The molecule has 1 aliphatic heterocycles. The topological polar surface area (TPSA) is 101 Å². The summed E-state index contributed by atoms with van der Waals surface area (Å²) in [5.74, 6) is -0.725. The van der Waals surface area contributed by atoms with E-state index in [0.29, 0.717) is 34.6 Å². The number of ether oxygens (including phenoxy) is 1. The van der Waals surface area contributed by atoms with Crippen molar-refractivity contribution in [3.05, 3.63) is 34.4 Å². The number of aromatic nitrogens is 2. The van der Waals surface area contributed by atoms with Crippen LogP contribution in [0.4, 0.5) is 10.9 Å². The second-order valence-electron chi connectivity index (χ2n) is 5.93. The maximum Gasteiger partial charge on any atom is 0.312 e. The van der Waals surface area contributed by atoms with Crippen molar-refractivity contribution in [2.75, 3.05) is 16.8 Å². The molecule has 27 heavy (non-hydrogen) atoms. The average molecular weight is 409 g/mol. The van der Waals surface area contributed by atoms with Crippen LogP contribution < -0.4 is 10.2 Å². The van der Waals surface area contributed by atoms with E-state index in [-0.39, 0.29) is 12.3 Å². The molecule has 8 nitrogen and oxygen atoms in total. The van der Waals surface area contributed by atoms with E-state index in [0.717, 1.165) is 6.42 Å². The van der Waals surface area contributed by atoms with Crippen molar-refractivity contribution in [3.8, 4) is 0 Å². The van der Waals surface area contributed by atoms with Crippen LogP contribution in [0.15, 0.2) is 23.7 Å². The Morgan fingerprint density at radius 1 is 1.44 bits per heavy atom. The predicted octanol–water partition coefficient (Wildman–Crippen LogP) is 2.43. The fraction of sp³-hybridized carbons (Fsp3) is 0.353. The van der Waals surface area contributed by atoms with Crippen LogP contribution in [0, 0.1) is 0 Å². The number of rotatable bonds is 6. The van der Waals surface area contributed by atoms with Gasteiger partial charge in [-0.25, -0.2) is 9.97 Å². The zero-order valence-electron chi connectivity index (χ0n) is 14.5. The second-order valence-corrected chi connectivity index (χ2v) is 7.20. The molecule has 1 aliphatic rings. The Morgan fingerprint density at radius 2 is 2.26 bits per heavy atom. The molecule has 3 rings (SSSR count). The number of thiazole rings is 1. The van der Waals surface area contributed by atoms with Crippen molar-refractivity contribution in [1.29, 1.82) is 0 Å². The zero-order valence-corrected chi connectivity index (χ0v) is 16.0. The maximum atomic E-state index is 12.1. The largest absolute Gasteiger partial charge is 0.452 e. The fourth-order valence-electron chi connectivity index (χ4n) is 2.47. The number of hydrogen-bond donors (Lipinski definition) is 1. The Morgan fingerprint density at radius 3 is 2.93 bits per heavy atom. The molecule has 3 heterocycles. The number of esters is 1. The van der Waals surface area contributed by atoms with Gasteiger partial charge < -0.3 is 10.1 Å². The lowest BCUT2D eigenvalue weighted by Gasteiger charge is -2.13. The first kappa shape index (κ1) is 19.2.